The van der Waals surface area contributed by atoms with Gasteiger partial charge in [-0.1, -0.05) is 0 Å². The minimum atomic E-state index is -1.37. The number of benzene rings is 1. The lowest BCUT2D eigenvalue weighted by molar-refractivity contribution is -0.144. The van der Waals surface area contributed by atoms with Crippen molar-refractivity contribution in [3.05, 3.63) is 29.8 Å². The Hall–Kier alpha value is -1.67. The molecule has 0 fully saturated rings. The van der Waals surface area contributed by atoms with Crippen LogP contribution in [-0.4, -0.2) is 40.0 Å². The Morgan fingerprint density at radius 1 is 1.33 bits per heavy atom. The van der Waals surface area contributed by atoms with Crippen LogP contribution in [0.15, 0.2) is 23.1 Å². The molecular formula is C13H15F2NO4S. The summed E-state index contributed by atoms with van der Waals surface area (Å²) < 4.78 is 25.7. The lowest BCUT2D eigenvalue weighted by Gasteiger charge is -2.16. The highest BCUT2D eigenvalue weighted by atomic mass is 32.2. The van der Waals surface area contributed by atoms with E-state index in [1.54, 1.807) is 0 Å². The molecule has 5 nitrogen and oxygen atoms in total. The van der Waals surface area contributed by atoms with Crippen LogP contribution in [0.4, 0.5) is 8.78 Å². The molecule has 8 heteroatoms. The molecule has 0 aromatic heterocycles. The number of carboxylic acids is 1. The summed E-state index contributed by atoms with van der Waals surface area (Å²) in [6.45, 7) is 1.26. The van der Waals surface area contributed by atoms with Gasteiger partial charge in [0.05, 0.1) is 6.10 Å². The molecule has 0 saturated carbocycles. The third-order valence-corrected chi connectivity index (χ3v) is 3.55. The van der Waals surface area contributed by atoms with Gasteiger partial charge in [-0.2, -0.15) is 0 Å². The fraction of sp³-hybridized carbons (Fsp3) is 0.385. The summed E-state index contributed by atoms with van der Waals surface area (Å²) in [6, 6.07) is 2.03. The van der Waals surface area contributed by atoms with Crippen molar-refractivity contribution in [1.29, 1.82) is 0 Å². The lowest BCUT2D eigenvalue weighted by Crippen LogP contribution is -2.47. The smallest absolute Gasteiger partial charge is 0.328 e. The third-order valence-electron chi connectivity index (χ3n) is 2.55. The summed E-state index contributed by atoms with van der Waals surface area (Å²) in [4.78, 5) is 22.8. The van der Waals surface area contributed by atoms with Crippen molar-refractivity contribution in [2.24, 2.45) is 0 Å². The van der Waals surface area contributed by atoms with E-state index in [2.05, 4.69) is 5.32 Å². The van der Waals surface area contributed by atoms with E-state index in [0.29, 0.717) is 4.90 Å². The second-order valence-corrected chi connectivity index (χ2v) is 5.47. The number of aliphatic hydroxyl groups is 1. The van der Waals surface area contributed by atoms with Crippen LogP contribution in [0.2, 0.25) is 0 Å². The number of nitrogens with one attached hydrogen (secondary N) is 1. The predicted molar refractivity (Wildman–Crippen MR) is 72.9 cm³/mol. The largest absolute Gasteiger partial charge is 0.480 e. The molecule has 116 valence electrons. The molecule has 0 saturated heterocycles. The maximum absolute atomic E-state index is 13.0. The molecular weight excluding hydrogens is 304 g/mol. The normalized spacial score (nSPS) is 13.5. The number of thioether (sulfide) groups is 1. The Bertz CT molecular complexity index is 525. The van der Waals surface area contributed by atoms with Gasteiger partial charge in [-0.05, 0) is 25.1 Å². The van der Waals surface area contributed by atoms with Gasteiger partial charge in [-0.25, -0.2) is 13.6 Å². The highest BCUT2D eigenvalue weighted by molar-refractivity contribution is 7.99. The van der Waals surface area contributed by atoms with E-state index in [-0.39, 0.29) is 12.2 Å². The topological polar surface area (TPSA) is 86.6 Å². The Morgan fingerprint density at radius 2 is 2.00 bits per heavy atom. The van der Waals surface area contributed by atoms with Crippen molar-refractivity contribution in [3.63, 3.8) is 0 Å². The molecule has 1 rings (SSSR count). The molecule has 1 aromatic rings. The van der Waals surface area contributed by atoms with Crippen LogP contribution >= 0.6 is 11.8 Å². The van der Waals surface area contributed by atoms with Crippen molar-refractivity contribution in [2.75, 3.05) is 5.75 Å². The van der Waals surface area contributed by atoms with E-state index >= 15 is 0 Å². The van der Waals surface area contributed by atoms with E-state index in [1.807, 2.05) is 0 Å². The SMILES string of the molecule is C[C@@H](O)[C@H](NC(=O)CCSc1ccc(F)c(F)c1)C(=O)O. The number of rotatable bonds is 7. The van der Waals surface area contributed by atoms with Crippen LogP contribution in [-0.2, 0) is 9.59 Å². The number of carboxylic acid groups (broad SMARTS) is 1. The highest BCUT2D eigenvalue weighted by Crippen LogP contribution is 2.20. The fourth-order valence-corrected chi connectivity index (χ4v) is 2.34. The number of aliphatic carboxylic acids is 1. The predicted octanol–water partition coefficient (Wildman–Crippen LogP) is 1.40. The molecule has 21 heavy (non-hydrogen) atoms. The lowest BCUT2D eigenvalue weighted by atomic mass is 10.2. The van der Waals surface area contributed by atoms with E-state index in [4.69, 9.17) is 5.11 Å². The zero-order valence-electron chi connectivity index (χ0n) is 11.2. The first-order valence-electron chi connectivity index (χ1n) is 6.09. The molecule has 0 spiro atoms. The summed E-state index contributed by atoms with van der Waals surface area (Å²) in [6.07, 6.45) is -1.23. The highest BCUT2D eigenvalue weighted by Gasteiger charge is 2.24. The Morgan fingerprint density at radius 3 is 2.52 bits per heavy atom. The molecule has 0 heterocycles. The molecule has 0 radical (unpaired) electrons. The minimum Gasteiger partial charge on any atom is -0.480 e. The van der Waals surface area contributed by atoms with Gasteiger partial charge in [0, 0.05) is 17.1 Å². The van der Waals surface area contributed by atoms with Gasteiger partial charge in [0.15, 0.2) is 17.7 Å². The summed E-state index contributed by atoms with van der Waals surface area (Å²) in [5.74, 6) is -3.52. The van der Waals surface area contributed by atoms with Crippen LogP contribution in [0.5, 0.6) is 0 Å². The number of hydrogen-bond donors (Lipinski definition) is 3. The Balaban J connectivity index is 2.42. The van der Waals surface area contributed by atoms with E-state index in [1.165, 1.54) is 13.0 Å². The van der Waals surface area contributed by atoms with Gasteiger partial charge in [-0.3, -0.25) is 4.79 Å². The van der Waals surface area contributed by atoms with E-state index < -0.39 is 35.7 Å². The van der Waals surface area contributed by atoms with Crippen LogP contribution in [0, 0.1) is 11.6 Å². The van der Waals surface area contributed by atoms with Crippen molar-refractivity contribution >= 4 is 23.6 Å². The second-order valence-electron chi connectivity index (χ2n) is 4.30. The maximum Gasteiger partial charge on any atom is 0.328 e. The average Bonchev–Trinajstić information content (AvgIpc) is 2.39. The van der Waals surface area contributed by atoms with Crippen LogP contribution in [0.25, 0.3) is 0 Å². The number of carbonyl (C=O) groups is 2. The zero-order valence-corrected chi connectivity index (χ0v) is 12.0. The molecule has 0 bridgehead atoms. The molecule has 0 unspecified atom stereocenters. The van der Waals surface area contributed by atoms with Crippen molar-refractivity contribution in [2.45, 2.75) is 30.4 Å². The third kappa shape index (κ3) is 5.68. The van der Waals surface area contributed by atoms with E-state index in [0.717, 1.165) is 23.9 Å². The molecule has 3 N–H and O–H groups in total. The van der Waals surface area contributed by atoms with Crippen molar-refractivity contribution in [3.8, 4) is 0 Å². The second kappa shape index (κ2) is 7.94. The number of carbonyl (C=O) groups excluding carboxylic acids is 1. The van der Waals surface area contributed by atoms with E-state index in [9.17, 15) is 23.5 Å². The standard InChI is InChI=1S/C13H15F2NO4S/c1-7(17)12(13(19)20)16-11(18)4-5-21-8-2-3-9(14)10(15)6-8/h2-3,6-7,12,17H,4-5H2,1H3,(H,16,18)(H,19,20)/t7-,12+/m1/s1. The maximum atomic E-state index is 13.0. The monoisotopic (exact) mass is 319 g/mol. The van der Waals surface area contributed by atoms with Crippen LogP contribution in [0.1, 0.15) is 13.3 Å². The molecule has 1 amide bonds. The summed E-state index contributed by atoms with van der Waals surface area (Å²) in [7, 11) is 0. The summed E-state index contributed by atoms with van der Waals surface area (Å²) in [5, 5.41) is 20.2. The van der Waals surface area contributed by atoms with Crippen LogP contribution in [0.3, 0.4) is 0 Å². The minimum absolute atomic E-state index is 0.0137. The molecule has 1 aromatic carbocycles. The molecule has 0 aliphatic rings. The molecule has 0 aliphatic heterocycles. The average molecular weight is 319 g/mol. The van der Waals surface area contributed by atoms with Gasteiger partial charge < -0.3 is 15.5 Å². The summed E-state index contributed by atoms with van der Waals surface area (Å²) in [5.41, 5.74) is 0. The van der Waals surface area contributed by atoms with Gasteiger partial charge in [-0.15, -0.1) is 11.8 Å². The Labute approximate surface area is 124 Å². The quantitative estimate of drug-likeness (QED) is 0.661. The van der Waals surface area contributed by atoms with Gasteiger partial charge >= 0.3 is 5.97 Å². The first kappa shape index (κ1) is 17.4. The van der Waals surface area contributed by atoms with Gasteiger partial charge in [0.1, 0.15) is 0 Å². The molecule has 2 atom stereocenters. The Kier molecular flexibility index (Phi) is 6.57. The summed E-state index contributed by atoms with van der Waals surface area (Å²) >= 11 is 1.14. The first-order chi connectivity index (χ1) is 9.81. The fourth-order valence-electron chi connectivity index (χ4n) is 1.46. The van der Waals surface area contributed by atoms with Crippen LogP contribution < -0.4 is 5.32 Å². The number of aliphatic hydroxyl groups excluding tert-OH is 1. The van der Waals surface area contributed by atoms with Gasteiger partial charge in [0.25, 0.3) is 0 Å². The van der Waals surface area contributed by atoms with Crippen molar-refractivity contribution < 1.29 is 28.6 Å². The number of hydrogen-bond acceptors (Lipinski definition) is 4. The first-order valence-corrected chi connectivity index (χ1v) is 7.08. The molecule has 0 aliphatic carbocycles. The van der Waals surface area contributed by atoms with Crippen molar-refractivity contribution in [1.82, 2.24) is 5.32 Å². The number of halogens is 2. The number of amides is 1. The van der Waals surface area contributed by atoms with Gasteiger partial charge in [0.2, 0.25) is 5.91 Å². The zero-order chi connectivity index (χ0) is 16.0.